The van der Waals surface area contributed by atoms with Crippen molar-refractivity contribution in [3.8, 4) is 55.6 Å². The van der Waals surface area contributed by atoms with Gasteiger partial charge in [0.15, 0.2) is 0 Å². The highest BCUT2D eigenvalue weighted by molar-refractivity contribution is 5.95. The standard InChI is InChI=1S/C61H43N/c1-6-18-44(19-7-1)45-30-32-46(33-31-45)47-34-38-53(39-35-47)62(52-26-14-5-15-27-52)54-40-36-49(37-41-54)57-43-60-58(42-56(57)48-20-8-2-9-21-48)55-28-16-17-29-59(55)61(60,50-22-10-3-11-23-50)51-24-12-4-13-25-51/h1-43H. The molecule has 0 heterocycles. The summed E-state index contributed by atoms with van der Waals surface area (Å²) in [5.74, 6) is 0. The number of nitrogens with zero attached hydrogens (tertiary/aromatic N) is 1. The summed E-state index contributed by atoms with van der Waals surface area (Å²) in [6.45, 7) is 0. The second kappa shape index (κ2) is 15.9. The highest BCUT2D eigenvalue weighted by Gasteiger charge is 2.46. The number of para-hydroxylation sites is 1. The van der Waals surface area contributed by atoms with E-state index in [9.17, 15) is 0 Å². The molecule has 0 saturated carbocycles. The van der Waals surface area contributed by atoms with E-state index in [1.807, 2.05) is 0 Å². The molecular formula is C61H43N. The first-order valence-electron chi connectivity index (χ1n) is 21.4. The van der Waals surface area contributed by atoms with Gasteiger partial charge in [0.25, 0.3) is 0 Å². The second-order valence-corrected chi connectivity index (χ2v) is 16.0. The molecule has 1 heteroatoms. The molecule has 10 aromatic rings. The van der Waals surface area contributed by atoms with Gasteiger partial charge in [-0.3, -0.25) is 0 Å². The third-order valence-corrected chi connectivity index (χ3v) is 12.6. The van der Waals surface area contributed by atoms with Crippen LogP contribution in [0.2, 0.25) is 0 Å². The Morgan fingerprint density at radius 1 is 0.226 bits per heavy atom. The summed E-state index contributed by atoms with van der Waals surface area (Å²) in [5.41, 5.74) is 20.1. The van der Waals surface area contributed by atoms with Crippen molar-refractivity contribution in [3.63, 3.8) is 0 Å². The summed E-state index contributed by atoms with van der Waals surface area (Å²) in [6, 6.07) is 95.1. The molecule has 1 nitrogen and oxygen atoms in total. The number of benzene rings is 10. The van der Waals surface area contributed by atoms with Crippen molar-refractivity contribution in [2.45, 2.75) is 5.41 Å². The van der Waals surface area contributed by atoms with E-state index < -0.39 is 5.41 Å². The Morgan fingerprint density at radius 2 is 0.581 bits per heavy atom. The van der Waals surface area contributed by atoms with E-state index in [0.29, 0.717) is 0 Å². The fourth-order valence-electron chi connectivity index (χ4n) is 9.69. The van der Waals surface area contributed by atoms with Gasteiger partial charge >= 0.3 is 0 Å². The lowest BCUT2D eigenvalue weighted by molar-refractivity contribution is 0.769. The van der Waals surface area contributed by atoms with Crippen molar-refractivity contribution in [2.75, 3.05) is 4.90 Å². The molecule has 292 valence electrons. The van der Waals surface area contributed by atoms with Gasteiger partial charge in [-0.15, -0.1) is 0 Å². The predicted octanol–water partition coefficient (Wildman–Crippen LogP) is 16.2. The van der Waals surface area contributed by atoms with Crippen LogP contribution in [-0.4, -0.2) is 0 Å². The molecule has 0 fully saturated rings. The molecule has 0 atom stereocenters. The van der Waals surface area contributed by atoms with Crippen LogP contribution in [0.25, 0.3) is 55.6 Å². The predicted molar refractivity (Wildman–Crippen MR) is 260 cm³/mol. The van der Waals surface area contributed by atoms with Crippen LogP contribution in [0.3, 0.4) is 0 Å². The highest BCUT2D eigenvalue weighted by Crippen LogP contribution is 2.58. The fourth-order valence-corrected chi connectivity index (χ4v) is 9.69. The number of fused-ring (bicyclic) bond motifs is 3. The molecule has 10 aromatic carbocycles. The summed E-state index contributed by atoms with van der Waals surface area (Å²) in [5, 5.41) is 0. The minimum absolute atomic E-state index is 0.488. The maximum Gasteiger partial charge on any atom is 0.0713 e. The highest BCUT2D eigenvalue weighted by atomic mass is 15.1. The van der Waals surface area contributed by atoms with Crippen molar-refractivity contribution in [1.82, 2.24) is 0 Å². The topological polar surface area (TPSA) is 3.24 Å². The van der Waals surface area contributed by atoms with Gasteiger partial charge in [0.05, 0.1) is 5.41 Å². The maximum absolute atomic E-state index is 2.49. The van der Waals surface area contributed by atoms with Crippen LogP contribution in [0.1, 0.15) is 22.3 Å². The average molecular weight is 790 g/mol. The average Bonchev–Trinajstić information content (AvgIpc) is 3.65. The summed E-state index contributed by atoms with van der Waals surface area (Å²) in [6.07, 6.45) is 0. The quantitative estimate of drug-likeness (QED) is 0.141. The maximum atomic E-state index is 2.49. The van der Waals surface area contributed by atoms with E-state index in [1.165, 1.54) is 77.9 Å². The van der Waals surface area contributed by atoms with Gasteiger partial charge in [-0.25, -0.2) is 0 Å². The molecule has 11 rings (SSSR count). The van der Waals surface area contributed by atoms with E-state index in [0.717, 1.165) is 17.1 Å². The molecule has 0 saturated heterocycles. The van der Waals surface area contributed by atoms with Gasteiger partial charge < -0.3 is 4.90 Å². The van der Waals surface area contributed by atoms with E-state index in [1.54, 1.807) is 0 Å². The Kier molecular flexibility index (Phi) is 9.48. The smallest absolute Gasteiger partial charge is 0.0713 e. The number of hydrogen-bond donors (Lipinski definition) is 0. The Morgan fingerprint density at radius 3 is 1.11 bits per heavy atom. The zero-order valence-corrected chi connectivity index (χ0v) is 34.3. The number of rotatable bonds is 9. The molecule has 0 unspecified atom stereocenters. The molecule has 0 aliphatic heterocycles. The van der Waals surface area contributed by atoms with E-state index >= 15 is 0 Å². The third-order valence-electron chi connectivity index (χ3n) is 12.6. The molecule has 0 N–H and O–H groups in total. The normalized spacial score (nSPS) is 12.3. The number of hydrogen-bond acceptors (Lipinski definition) is 1. The Hall–Kier alpha value is -8.00. The second-order valence-electron chi connectivity index (χ2n) is 16.0. The Labute approximate surface area is 364 Å². The van der Waals surface area contributed by atoms with Gasteiger partial charge in [-0.2, -0.15) is 0 Å². The van der Waals surface area contributed by atoms with E-state index in [2.05, 4.69) is 266 Å². The van der Waals surface area contributed by atoms with Crippen molar-refractivity contribution >= 4 is 17.1 Å². The lowest BCUT2D eigenvalue weighted by Gasteiger charge is -2.34. The summed E-state index contributed by atoms with van der Waals surface area (Å²) >= 11 is 0. The Bertz CT molecular complexity index is 3060. The summed E-state index contributed by atoms with van der Waals surface area (Å²) in [4.78, 5) is 2.35. The van der Waals surface area contributed by atoms with Crippen molar-refractivity contribution in [2.24, 2.45) is 0 Å². The van der Waals surface area contributed by atoms with Crippen LogP contribution in [-0.2, 0) is 5.41 Å². The monoisotopic (exact) mass is 789 g/mol. The lowest BCUT2D eigenvalue weighted by Crippen LogP contribution is -2.28. The fraction of sp³-hybridized carbons (Fsp3) is 0.0164. The molecule has 1 aliphatic rings. The molecule has 62 heavy (non-hydrogen) atoms. The molecule has 0 bridgehead atoms. The SMILES string of the molecule is c1ccc(-c2ccc(-c3ccc(N(c4ccccc4)c4ccc(-c5cc6c(cc5-c5ccccc5)-c5ccccc5C6(c5ccccc5)c5ccccc5)cc4)cc3)cc2)cc1. The zero-order valence-electron chi connectivity index (χ0n) is 34.3. The molecule has 0 amide bonds. The van der Waals surface area contributed by atoms with E-state index in [4.69, 9.17) is 0 Å². The van der Waals surface area contributed by atoms with E-state index in [-0.39, 0.29) is 0 Å². The molecule has 0 radical (unpaired) electrons. The minimum Gasteiger partial charge on any atom is -0.311 e. The van der Waals surface area contributed by atoms with Crippen LogP contribution >= 0.6 is 0 Å². The molecule has 0 aromatic heterocycles. The summed E-state index contributed by atoms with van der Waals surface area (Å²) in [7, 11) is 0. The molecule has 1 aliphatic carbocycles. The van der Waals surface area contributed by atoms with Crippen LogP contribution in [0.4, 0.5) is 17.1 Å². The van der Waals surface area contributed by atoms with Crippen molar-refractivity contribution in [3.05, 3.63) is 283 Å². The van der Waals surface area contributed by atoms with Gasteiger partial charge in [-0.1, -0.05) is 212 Å². The first kappa shape index (κ1) is 37.0. The molecule has 0 spiro atoms. The Balaban J connectivity index is 1.03. The molecular weight excluding hydrogens is 747 g/mol. The van der Waals surface area contributed by atoms with Gasteiger partial charge in [-0.05, 0) is 126 Å². The van der Waals surface area contributed by atoms with Crippen molar-refractivity contribution in [1.29, 1.82) is 0 Å². The van der Waals surface area contributed by atoms with Crippen LogP contribution in [0.15, 0.2) is 261 Å². The zero-order chi connectivity index (χ0) is 41.3. The van der Waals surface area contributed by atoms with Gasteiger partial charge in [0.2, 0.25) is 0 Å². The van der Waals surface area contributed by atoms with Crippen molar-refractivity contribution < 1.29 is 0 Å². The first-order valence-corrected chi connectivity index (χ1v) is 21.4. The van der Waals surface area contributed by atoms with Crippen LogP contribution in [0.5, 0.6) is 0 Å². The third kappa shape index (κ3) is 6.43. The van der Waals surface area contributed by atoms with Gasteiger partial charge in [0.1, 0.15) is 0 Å². The summed E-state index contributed by atoms with van der Waals surface area (Å²) < 4.78 is 0. The van der Waals surface area contributed by atoms with Crippen LogP contribution in [0, 0.1) is 0 Å². The van der Waals surface area contributed by atoms with Crippen LogP contribution < -0.4 is 4.90 Å². The lowest BCUT2D eigenvalue weighted by atomic mass is 9.67. The van der Waals surface area contributed by atoms with Gasteiger partial charge in [0, 0.05) is 17.1 Å². The minimum atomic E-state index is -0.488. The number of anilines is 3. The first-order chi connectivity index (χ1) is 30.8. The largest absolute Gasteiger partial charge is 0.311 e.